The van der Waals surface area contributed by atoms with Crippen LogP contribution in [-0.2, 0) is 4.79 Å². The highest BCUT2D eigenvalue weighted by Gasteiger charge is 2.55. The number of hydrogen-bond acceptors (Lipinski definition) is 3. The molecule has 0 aromatic rings. The van der Waals surface area contributed by atoms with Crippen molar-refractivity contribution in [3.05, 3.63) is 0 Å². The molecule has 0 aromatic heterocycles. The van der Waals surface area contributed by atoms with Crippen molar-refractivity contribution in [2.24, 2.45) is 5.92 Å². The molecule has 3 rings (SSSR count). The molecule has 4 heteroatoms. The molecule has 1 amide bonds. The third-order valence-corrected chi connectivity index (χ3v) is 6.61. The van der Waals surface area contributed by atoms with E-state index in [9.17, 15) is 4.79 Å². The molecule has 120 valence electrons. The van der Waals surface area contributed by atoms with E-state index in [0.29, 0.717) is 24.0 Å². The molecule has 1 spiro atoms. The highest BCUT2D eigenvalue weighted by atomic mass is 32.2. The highest BCUT2D eigenvalue weighted by Crippen LogP contribution is 2.42. The number of rotatable bonds is 5. The molecule has 21 heavy (non-hydrogen) atoms. The zero-order valence-corrected chi connectivity index (χ0v) is 14.4. The number of nitrogens with one attached hydrogen (secondary N) is 1. The normalized spacial score (nSPS) is 30.7. The molecule has 2 unspecified atom stereocenters. The maximum Gasteiger partial charge on any atom is 0.244 e. The van der Waals surface area contributed by atoms with E-state index in [4.69, 9.17) is 0 Å². The van der Waals surface area contributed by atoms with Crippen LogP contribution in [0.1, 0.15) is 64.7 Å². The Morgan fingerprint density at radius 2 is 1.95 bits per heavy atom. The molecule has 1 N–H and O–H groups in total. The topological polar surface area (TPSA) is 32.3 Å². The third kappa shape index (κ3) is 2.74. The molecule has 0 radical (unpaired) electrons. The van der Waals surface area contributed by atoms with E-state index in [1.54, 1.807) is 0 Å². The average molecular weight is 311 g/mol. The van der Waals surface area contributed by atoms with E-state index in [-0.39, 0.29) is 5.54 Å². The quantitative estimate of drug-likeness (QED) is 0.845. The lowest BCUT2D eigenvalue weighted by molar-refractivity contribution is -0.135. The summed E-state index contributed by atoms with van der Waals surface area (Å²) in [4.78, 5) is 15.5. The van der Waals surface area contributed by atoms with Gasteiger partial charge in [-0.25, -0.2) is 0 Å². The van der Waals surface area contributed by atoms with Gasteiger partial charge in [0.25, 0.3) is 0 Å². The smallest absolute Gasteiger partial charge is 0.244 e. The summed E-state index contributed by atoms with van der Waals surface area (Å²) in [6, 6.07) is 0.408. The zero-order chi connectivity index (χ0) is 14.9. The van der Waals surface area contributed by atoms with Gasteiger partial charge < -0.3 is 4.90 Å². The molecule has 2 saturated carbocycles. The van der Waals surface area contributed by atoms with Crippen LogP contribution in [0.25, 0.3) is 0 Å². The second-order valence-corrected chi connectivity index (χ2v) is 8.06. The van der Waals surface area contributed by atoms with Gasteiger partial charge in [0, 0.05) is 11.8 Å². The maximum absolute atomic E-state index is 13.2. The molecule has 1 saturated heterocycles. The van der Waals surface area contributed by atoms with E-state index in [2.05, 4.69) is 23.4 Å². The molecular formula is C17H30N2OS. The van der Waals surface area contributed by atoms with Crippen molar-refractivity contribution in [2.75, 3.05) is 12.0 Å². The average Bonchev–Trinajstić information content (AvgIpc) is 3.21. The van der Waals surface area contributed by atoms with Crippen LogP contribution in [0, 0.1) is 5.92 Å². The molecule has 0 aromatic carbocycles. The second kappa shape index (κ2) is 6.49. The summed E-state index contributed by atoms with van der Waals surface area (Å²) in [5, 5.41) is 3.85. The van der Waals surface area contributed by atoms with Crippen LogP contribution in [-0.4, -0.2) is 40.6 Å². The van der Waals surface area contributed by atoms with Crippen molar-refractivity contribution in [1.82, 2.24) is 10.2 Å². The molecule has 3 nitrogen and oxygen atoms in total. The lowest BCUT2D eigenvalue weighted by Crippen LogP contribution is -2.48. The fourth-order valence-electron chi connectivity index (χ4n) is 4.72. The van der Waals surface area contributed by atoms with Crippen molar-refractivity contribution >= 4 is 17.7 Å². The number of amides is 1. The monoisotopic (exact) mass is 310 g/mol. The zero-order valence-electron chi connectivity index (χ0n) is 13.6. The second-order valence-electron chi connectivity index (χ2n) is 7.15. The summed E-state index contributed by atoms with van der Waals surface area (Å²) in [7, 11) is 0. The van der Waals surface area contributed by atoms with Crippen LogP contribution in [0.3, 0.4) is 0 Å². The van der Waals surface area contributed by atoms with Crippen LogP contribution in [0.4, 0.5) is 0 Å². The molecule has 0 bridgehead atoms. The summed E-state index contributed by atoms with van der Waals surface area (Å²) in [5.74, 6) is 2.19. The Hall–Kier alpha value is -0.220. The molecule has 3 aliphatic rings. The van der Waals surface area contributed by atoms with Gasteiger partial charge in [-0.05, 0) is 44.3 Å². The predicted octanol–water partition coefficient (Wildman–Crippen LogP) is 3.39. The van der Waals surface area contributed by atoms with Crippen LogP contribution in [0.5, 0.6) is 0 Å². The summed E-state index contributed by atoms with van der Waals surface area (Å²) in [6.45, 7) is 2.24. The van der Waals surface area contributed by atoms with Crippen LogP contribution in [0.15, 0.2) is 0 Å². The lowest BCUT2D eigenvalue weighted by atomic mass is 9.97. The number of carbonyl (C=O) groups is 1. The summed E-state index contributed by atoms with van der Waals surface area (Å²) in [6.07, 6.45) is 13.4. The number of nitrogens with zero attached hydrogens (tertiary/aromatic N) is 1. The minimum atomic E-state index is -0.195. The predicted molar refractivity (Wildman–Crippen MR) is 89.4 cm³/mol. The fourth-order valence-corrected chi connectivity index (χ4v) is 5.50. The Morgan fingerprint density at radius 3 is 2.52 bits per heavy atom. The minimum Gasteiger partial charge on any atom is -0.321 e. The SMILES string of the molecule is CCC(CSC)N1C(=O)C2(CCCC2)NC1C1CCCC1. The van der Waals surface area contributed by atoms with Crippen LogP contribution >= 0.6 is 11.8 Å². The third-order valence-electron chi connectivity index (χ3n) is 5.89. The summed E-state index contributed by atoms with van der Waals surface area (Å²) < 4.78 is 0. The van der Waals surface area contributed by atoms with Crippen molar-refractivity contribution in [3.8, 4) is 0 Å². The summed E-state index contributed by atoms with van der Waals surface area (Å²) >= 11 is 1.88. The molecule has 3 fully saturated rings. The number of thioether (sulfide) groups is 1. The first-order chi connectivity index (χ1) is 10.2. The molecule has 2 aliphatic carbocycles. The maximum atomic E-state index is 13.2. The van der Waals surface area contributed by atoms with Crippen LogP contribution in [0.2, 0.25) is 0 Å². The molecule has 1 heterocycles. The van der Waals surface area contributed by atoms with Gasteiger partial charge in [-0.2, -0.15) is 11.8 Å². The molecule has 1 aliphatic heterocycles. The Bertz CT molecular complexity index is 375. The van der Waals surface area contributed by atoms with E-state index in [0.717, 1.165) is 25.0 Å². The van der Waals surface area contributed by atoms with E-state index < -0.39 is 0 Å². The van der Waals surface area contributed by atoms with Gasteiger partial charge in [0.2, 0.25) is 5.91 Å². The van der Waals surface area contributed by atoms with Gasteiger partial charge >= 0.3 is 0 Å². The Morgan fingerprint density at radius 1 is 1.29 bits per heavy atom. The first-order valence-electron chi connectivity index (χ1n) is 8.81. The van der Waals surface area contributed by atoms with Gasteiger partial charge in [0.1, 0.15) is 0 Å². The van der Waals surface area contributed by atoms with E-state index in [1.165, 1.54) is 38.5 Å². The van der Waals surface area contributed by atoms with Gasteiger partial charge in [-0.3, -0.25) is 10.1 Å². The lowest BCUT2D eigenvalue weighted by Gasteiger charge is -2.35. The Kier molecular flexibility index (Phi) is 4.84. The minimum absolute atomic E-state index is 0.195. The largest absolute Gasteiger partial charge is 0.321 e. The van der Waals surface area contributed by atoms with Crippen molar-refractivity contribution < 1.29 is 4.79 Å². The van der Waals surface area contributed by atoms with Gasteiger partial charge in [-0.1, -0.05) is 32.6 Å². The Labute approximate surface area is 133 Å². The van der Waals surface area contributed by atoms with E-state index >= 15 is 0 Å². The van der Waals surface area contributed by atoms with Crippen molar-refractivity contribution in [3.63, 3.8) is 0 Å². The number of hydrogen-bond donors (Lipinski definition) is 1. The van der Waals surface area contributed by atoms with Crippen molar-refractivity contribution in [2.45, 2.75) is 82.5 Å². The first-order valence-corrected chi connectivity index (χ1v) is 10.2. The molecule has 2 atom stereocenters. The Balaban J connectivity index is 1.85. The molecular weight excluding hydrogens is 280 g/mol. The van der Waals surface area contributed by atoms with Crippen molar-refractivity contribution in [1.29, 1.82) is 0 Å². The first kappa shape index (κ1) is 15.7. The van der Waals surface area contributed by atoms with Gasteiger partial charge in [-0.15, -0.1) is 0 Å². The van der Waals surface area contributed by atoms with Gasteiger partial charge in [0.15, 0.2) is 0 Å². The van der Waals surface area contributed by atoms with Gasteiger partial charge in [0.05, 0.1) is 11.7 Å². The fraction of sp³-hybridized carbons (Fsp3) is 0.941. The highest BCUT2D eigenvalue weighted by molar-refractivity contribution is 7.98. The summed E-state index contributed by atoms with van der Waals surface area (Å²) in [5.41, 5.74) is -0.195. The van der Waals surface area contributed by atoms with Crippen LogP contribution < -0.4 is 5.32 Å². The number of carbonyl (C=O) groups excluding carboxylic acids is 1. The standard InChI is InChI=1S/C17H30N2OS/c1-3-14(12-21-2)19-15(13-8-4-5-9-13)18-17(16(19)20)10-6-7-11-17/h13-15,18H,3-12H2,1-2H3. The van der Waals surface area contributed by atoms with E-state index in [1.807, 2.05) is 11.8 Å².